The molecular formula is C42H63NO9. The standard InChI is InChI=1S/C42H63NO9/c1-24-15-18-42(37(48)43-21-11-12-30(43)36(47)49-10)20-19-40(8)29(34(42)25(24)2)13-14-33-38(6)22-31(51-27(4)45)35(52-28(5)46)39(7,23-50-26(3)44)32(38)16-17-41(33,40)9/h13,24-25,30-35H,11-12,14-23H2,1-10H3/t24-,25+,30?,31-,32-,33-,34+,35+,38+,39+,40-,41-,42+/m1/s1. The van der Waals surface area contributed by atoms with Crippen LogP contribution in [-0.2, 0) is 42.9 Å². The molecule has 52 heavy (non-hydrogen) atoms. The lowest BCUT2D eigenvalue weighted by molar-refractivity contribution is -0.256. The Morgan fingerprint density at radius 1 is 0.846 bits per heavy atom. The summed E-state index contributed by atoms with van der Waals surface area (Å²) >= 11 is 0. The second-order valence-electron chi connectivity index (χ2n) is 18.7. The van der Waals surface area contributed by atoms with Gasteiger partial charge in [-0.1, -0.05) is 53.2 Å². The SMILES string of the molecule is COC(=O)C1CCCN1C(=O)[C@]12CC[C@@H](C)[C@H](C)[C@H]1C1=CC[C@@H]3[C@@]4(C)C[C@@H](OC(C)=O)[C@H](OC(C)=O)[C@@](C)(COC(C)=O)[C@@H]4CC[C@@]3(C)[C@]1(C)CC2. The number of allylic oxidation sites excluding steroid dienone is 2. The fourth-order valence-corrected chi connectivity index (χ4v) is 13.6. The van der Waals surface area contributed by atoms with E-state index < -0.39 is 47.0 Å². The molecule has 1 aliphatic heterocycles. The van der Waals surface area contributed by atoms with Gasteiger partial charge in [-0.2, -0.15) is 0 Å². The molecule has 0 spiro atoms. The number of carbonyl (C=O) groups is 5. The number of carbonyl (C=O) groups excluding carboxylic acids is 5. The quantitative estimate of drug-likeness (QED) is 0.165. The number of rotatable bonds is 6. The van der Waals surface area contributed by atoms with Crippen LogP contribution in [0.15, 0.2) is 11.6 Å². The maximum atomic E-state index is 15.0. The first-order valence-electron chi connectivity index (χ1n) is 19.9. The highest BCUT2D eigenvalue weighted by molar-refractivity contribution is 5.89. The van der Waals surface area contributed by atoms with Crippen molar-refractivity contribution in [3.05, 3.63) is 11.6 Å². The van der Waals surface area contributed by atoms with Gasteiger partial charge in [-0.3, -0.25) is 19.2 Å². The Kier molecular flexibility index (Phi) is 10.0. The number of hydrogen-bond donors (Lipinski definition) is 0. The highest BCUT2D eigenvalue weighted by Crippen LogP contribution is 2.76. The molecule has 10 nitrogen and oxygen atoms in total. The van der Waals surface area contributed by atoms with E-state index in [2.05, 4.69) is 40.7 Å². The molecule has 6 aliphatic rings. The summed E-state index contributed by atoms with van der Waals surface area (Å²) in [5.41, 5.74) is -0.589. The van der Waals surface area contributed by atoms with Crippen molar-refractivity contribution in [2.75, 3.05) is 20.3 Å². The fraction of sp³-hybridized carbons (Fsp3) is 0.833. The Balaban J connectivity index is 1.44. The van der Waals surface area contributed by atoms with E-state index >= 15 is 4.79 Å². The summed E-state index contributed by atoms with van der Waals surface area (Å²) in [5, 5.41) is 0. The molecule has 4 saturated carbocycles. The molecule has 0 bridgehead atoms. The van der Waals surface area contributed by atoms with Crippen molar-refractivity contribution in [3.8, 4) is 0 Å². The van der Waals surface area contributed by atoms with Crippen LogP contribution in [0.2, 0.25) is 0 Å². The Morgan fingerprint density at radius 3 is 2.17 bits per heavy atom. The highest BCUT2D eigenvalue weighted by atomic mass is 16.6. The van der Waals surface area contributed by atoms with Crippen molar-refractivity contribution < 1.29 is 42.9 Å². The van der Waals surface area contributed by atoms with Crippen LogP contribution in [0.3, 0.4) is 0 Å². The van der Waals surface area contributed by atoms with E-state index in [9.17, 15) is 19.2 Å². The number of hydrogen-bond acceptors (Lipinski definition) is 9. The number of likely N-dealkylation sites (tertiary alicyclic amines) is 1. The van der Waals surface area contributed by atoms with Gasteiger partial charge in [-0.15, -0.1) is 0 Å². The largest absolute Gasteiger partial charge is 0.467 e. The Morgan fingerprint density at radius 2 is 1.54 bits per heavy atom. The highest BCUT2D eigenvalue weighted by Gasteiger charge is 2.72. The number of amides is 1. The number of methoxy groups -OCH3 is 1. The van der Waals surface area contributed by atoms with Gasteiger partial charge in [0.25, 0.3) is 0 Å². The van der Waals surface area contributed by atoms with Gasteiger partial charge in [-0.25, -0.2) is 4.79 Å². The first-order valence-corrected chi connectivity index (χ1v) is 19.9. The lowest BCUT2D eigenvalue weighted by atomic mass is 9.33. The first-order chi connectivity index (χ1) is 24.3. The van der Waals surface area contributed by atoms with E-state index in [-0.39, 0.29) is 52.5 Å². The van der Waals surface area contributed by atoms with Gasteiger partial charge >= 0.3 is 23.9 Å². The number of esters is 4. The normalized spacial score (nSPS) is 45.2. The van der Waals surface area contributed by atoms with E-state index in [4.69, 9.17) is 18.9 Å². The van der Waals surface area contributed by atoms with Crippen molar-refractivity contribution in [1.82, 2.24) is 4.90 Å². The molecule has 0 radical (unpaired) electrons. The molecule has 290 valence electrons. The molecule has 0 aromatic heterocycles. The second kappa shape index (κ2) is 13.4. The van der Waals surface area contributed by atoms with Crippen LogP contribution in [0, 0.1) is 56.7 Å². The van der Waals surface area contributed by atoms with Gasteiger partial charge in [0.15, 0.2) is 0 Å². The molecule has 0 N–H and O–H groups in total. The third kappa shape index (κ3) is 5.65. The number of fused-ring (bicyclic) bond motifs is 7. The van der Waals surface area contributed by atoms with Gasteiger partial charge in [0.2, 0.25) is 5.91 Å². The van der Waals surface area contributed by atoms with E-state index in [1.807, 2.05) is 11.8 Å². The minimum absolute atomic E-state index is 0.0236. The van der Waals surface area contributed by atoms with E-state index in [1.165, 1.54) is 33.5 Å². The maximum absolute atomic E-state index is 15.0. The minimum atomic E-state index is -0.788. The topological polar surface area (TPSA) is 126 Å². The first kappa shape index (κ1) is 38.8. The average molecular weight is 726 g/mol. The summed E-state index contributed by atoms with van der Waals surface area (Å²) in [6, 6.07) is -0.512. The van der Waals surface area contributed by atoms with E-state index in [0.29, 0.717) is 31.2 Å². The van der Waals surface area contributed by atoms with Crippen LogP contribution in [0.1, 0.15) is 127 Å². The van der Waals surface area contributed by atoms with Gasteiger partial charge in [-0.05, 0) is 110 Å². The van der Waals surface area contributed by atoms with Crippen molar-refractivity contribution >= 4 is 29.8 Å². The van der Waals surface area contributed by atoms with Gasteiger partial charge in [0.1, 0.15) is 24.9 Å². The number of nitrogens with zero attached hydrogens (tertiary/aromatic N) is 1. The van der Waals surface area contributed by atoms with Crippen LogP contribution in [0.5, 0.6) is 0 Å². The summed E-state index contributed by atoms with van der Waals surface area (Å²) in [5.74, 6) is -0.405. The van der Waals surface area contributed by atoms with Crippen LogP contribution in [0.25, 0.3) is 0 Å². The number of ether oxygens (including phenoxy) is 4. The van der Waals surface area contributed by atoms with Crippen LogP contribution >= 0.6 is 0 Å². The zero-order valence-corrected chi connectivity index (χ0v) is 33.3. The molecule has 13 atom stereocenters. The minimum Gasteiger partial charge on any atom is -0.467 e. The Labute approximate surface area is 310 Å². The molecule has 1 heterocycles. The molecule has 1 saturated heterocycles. The van der Waals surface area contributed by atoms with Crippen LogP contribution in [-0.4, -0.2) is 73.2 Å². The molecule has 5 fully saturated rings. The molecule has 10 heteroatoms. The average Bonchev–Trinajstić information content (AvgIpc) is 3.56. The van der Waals surface area contributed by atoms with Gasteiger partial charge in [0.05, 0.1) is 12.5 Å². The summed E-state index contributed by atoms with van der Waals surface area (Å²) in [7, 11) is 1.41. The maximum Gasteiger partial charge on any atom is 0.328 e. The summed E-state index contributed by atoms with van der Waals surface area (Å²) in [4.78, 5) is 67.2. The lowest BCUT2D eigenvalue weighted by Gasteiger charge is -2.72. The van der Waals surface area contributed by atoms with Crippen molar-refractivity contribution in [3.63, 3.8) is 0 Å². The van der Waals surface area contributed by atoms with Crippen molar-refractivity contribution in [2.24, 2.45) is 56.7 Å². The van der Waals surface area contributed by atoms with E-state index in [0.717, 1.165) is 51.4 Å². The van der Waals surface area contributed by atoms with Gasteiger partial charge in [0, 0.05) is 32.7 Å². The predicted molar refractivity (Wildman–Crippen MR) is 193 cm³/mol. The molecule has 6 rings (SSSR count). The van der Waals surface area contributed by atoms with Gasteiger partial charge < -0.3 is 23.8 Å². The summed E-state index contributed by atoms with van der Waals surface area (Å²) < 4.78 is 23.0. The molecule has 1 amide bonds. The molecule has 1 unspecified atom stereocenters. The zero-order chi connectivity index (χ0) is 38.2. The van der Waals surface area contributed by atoms with Crippen molar-refractivity contribution in [1.29, 1.82) is 0 Å². The summed E-state index contributed by atoms with van der Waals surface area (Å²) in [6.07, 6.45) is 9.09. The van der Waals surface area contributed by atoms with E-state index in [1.54, 1.807) is 0 Å². The smallest absolute Gasteiger partial charge is 0.328 e. The molecule has 0 aromatic rings. The molecule has 5 aliphatic carbocycles. The summed E-state index contributed by atoms with van der Waals surface area (Å²) in [6.45, 7) is 18.8. The van der Waals surface area contributed by atoms with Crippen LogP contribution in [0.4, 0.5) is 0 Å². The molecular weight excluding hydrogens is 662 g/mol. The third-order valence-electron chi connectivity index (χ3n) is 16.3. The zero-order valence-electron chi connectivity index (χ0n) is 33.3. The second-order valence-corrected chi connectivity index (χ2v) is 18.7. The fourth-order valence-electron chi connectivity index (χ4n) is 13.6. The monoisotopic (exact) mass is 725 g/mol. The Hall–Kier alpha value is -2.91. The predicted octanol–water partition coefficient (Wildman–Crippen LogP) is 6.82. The lowest BCUT2D eigenvalue weighted by Crippen LogP contribution is -2.69. The third-order valence-corrected chi connectivity index (χ3v) is 16.3. The van der Waals surface area contributed by atoms with Crippen LogP contribution < -0.4 is 0 Å². The molecule has 0 aromatic carbocycles. The van der Waals surface area contributed by atoms with Crippen molar-refractivity contribution in [2.45, 2.75) is 145 Å². The Bertz CT molecular complexity index is 1520.